The Bertz CT molecular complexity index is 288. The lowest BCUT2D eigenvalue weighted by Gasteiger charge is -2.27. The molecule has 2 N–H and O–H groups in total. The highest BCUT2D eigenvalue weighted by Gasteiger charge is 2.11. The third-order valence-electron chi connectivity index (χ3n) is 3.77. The number of nitrogens with zero attached hydrogens (tertiary/aromatic N) is 2. The van der Waals surface area contributed by atoms with Crippen LogP contribution in [0, 0.1) is 0 Å². The number of rotatable bonds is 3. The predicted molar refractivity (Wildman–Crippen MR) is 73.1 cm³/mol. The number of nitrogens with two attached hydrogens (primary N) is 1. The maximum atomic E-state index is 6.02. The van der Waals surface area contributed by atoms with Crippen molar-refractivity contribution in [1.29, 1.82) is 0 Å². The van der Waals surface area contributed by atoms with E-state index in [1.54, 1.807) is 5.57 Å². The van der Waals surface area contributed by atoms with E-state index in [2.05, 4.69) is 16.0 Å². The van der Waals surface area contributed by atoms with Crippen LogP contribution < -0.4 is 5.73 Å². The maximum Gasteiger partial charge on any atom is 0.191 e. The second-order valence-electron chi connectivity index (χ2n) is 5.15. The molecular weight excluding hydrogens is 210 g/mol. The van der Waals surface area contributed by atoms with Gasteiger partial charge in [-0.25, -0.2) is 0 Å². The first kappa shape index (κ1) is 12.5. The molecule has 0 spiro atoms. The van der Waals surface area contributed by atoms with Gasteiger partial charge in [0.1, 0.15) is 0 Å². The smallest absolute Gasteiger partial charge is 0.191 e. The van der Waals surface area contributed by atoms with E-state index >= 15 is 0 Å². The summed E-state index contributed by atoms with van der Waals surface area (Å²) in [6.45, 7) is 3.06. The van der Waals surface area contributed by atoms with Crippen LogP contribution in [0.3, 0.4) is 0 Å². The number of hydrogen-bond donors (Lipinski definition) is 1. The molecule has 0 aromatic carbocycles. The summed E-state index contributed by atoms with van der Waals surface area (Å²) in [5.41, 5.74) is 7.61. The van der Waals surface area contributed by atoms with Crippen LogP contribution in [0.4, 0.5) is 0 Å². The van der Waals surface area contributed by atoms with E-state index in [1.165, 1.54) is 44.9 Å². The fourth-order valence-corrected chi connectivity index (χ4v) is 2.67. The molecule has 0 aromatic rings. The van der Waals surface area contributed by atoms with E-state index in [4.69, 9.17) is 5.73 Å². The van der Waals surface area contributed by atoms with E-state index in [0.717, 1.165) is 32.0 Å². The third kappa shape index (κ3) is 4.06. The van der Waals surface area contributed by atoms with Gasteiger partial charge in [0.2, 0.25) is 0 Å². The van der Waals surface area contributed by atoms with Crippen LogP contribution in [0.2, 0.25) is 0 Å². The number of guanidine groups is 1. The van der Waals surface area contributed by atoms with Crippen molar-refractivity contribution in [3.05, 3.63) is 11.6 Å². The Morgan fingerprint density at radius 2 is 2.00 bits per heavy atom. The lowest BCUT2D eigenvalue weighted by molar-refractivity contribution is 0.338. The van der Waals surface area contributed by atoms with Crippen molar-refractivity contribution in [2.75, 3.05) is 19.6 Å². The Labute approximate surface area is 105 Å². The molecule has 0 radical (unpaired) electrons. The Balaban J connectivity index is 1.73. The number of allylic oxidation sites excluding steroid dienone is 1. The van der Waals surface area contributed by atoms with Crippen LogP contribution in [0.5, 0.6) is 0 Å². The van der Waals surface area contributed by atoms with Crippen molar-refractivity contribution >= 4 is 5.96 Å². The Kier molecular flexibility index (Phi) is 4.89. The van der Waals surface area contributed by atoms with Crippen LogP contribution in [0.15, 0.2) is 16.6 Å². The highest BCUT2D eigenvalue weighted by Crippen LogP contribution is 2.19. The van der Waals surface area contributed by atoms with Crippen LogP contribution in [-0.4, -0.2) is 30.5 Å². The minimum absolute atomic E-state index is 0.765. The van der Waals surface area contributed by atoms with Gasteiger partial charge in [-0.2, -0.15) is 0 Å². The summed E-state index contributed by atoms with van der Waals surface area (Å²) in [5, 5.41) is 0. The molecule has 2 aliphatic rings. The third-order valence-corrected chi connectivity index (χ3v) is 3.77. The van der Waals surface area contributed by atoms with E-state index in [9.17, 15) is 0 Å². The second kappa shape index (κ2) is 6.67. The van der Waals surface area contributed by atoms with Gasteiger partial charge in [-0.1, -0.05) is 11.6 Å². The molecule has 3 nitrogen and oxygen atoms in total. The average Bonchev–Trinajstić information content (AvgIpc) is 2.41. The molecule has 0 unspecified atom stereocenters. The van der Waals surface area contributed by atoms with Gasteiger partial charge in [0.25, 0.3) is 0 Å². The molecule has 1 heterocycles. The monoisotopic (exact) mass is 235 g/mol. The van der Waals surface area contributed by atoms with Crippen LogP contribution >= 0.6 is 0 Å². The zero-order valence-corrected chi connectivity index (χ0v) is 10.8. The number of likely N-dealkylation sites (tertiary alicyclic amines) is 1. The van der Waals surface area contributed by atoms with Crippen molar-refractivity contribution in [1.82, 2.24) is 4.90 Å². The molecule has 0 aromatic heterocycles. The van der Waals surface area contributed by atoms with Crippen molar-refractivity contribution in [3.63, 3.8) is 0 Å². The lowest BCUT2D eigenvalue weighted by atomic mass is 9.97. The minimum atomic E-state index is 0.765. The van der Waals surface area contributed by atoms with Gasteiger partial charge in [-0.15, -0.1) is 0 Å². The number of aliphatic imine (C=N–C) groups is 1. The van der Waals surface area contributed by atoms with E-state index in [-0.39, 0.29) is 0 Å². The summed E-state index contributed by atoms with van der Waals surface area (Å²) < 4.78 is 0. The summed E-state index contributed by atoms with van der Waals surface area (Å²) >= 11 is 0. The summed E-state index contributed by atoms with van der Waals surface area (Å²) in [5.74, 6) is 0.765. The van der Waals surface area contributed by atoms with Gasteiger partial charge in [0.05, 0.1) is 0 Å². The molecule has 0 atom stereocenters. The first-order chi connectivity index (χ1) is 8.36. The SMILES string of the molecule is NC(=NCCC1=CCCCC1)N1CCCCC1. The standard InChI is InChI=1S/C14H25N3/c15-14(17-11-5-2-6-12-17)16-10-9-13-7-3-1-4-8-13/h7H,1-6,8-12H2,(H2,15,16). The molecule has 1 fully saturated rings. The average molecular weight is 235 g/mol. The number of piperidine rings is 1. The molecule has 0 saturated carbocycles. The van der Waals surface area contributed by atoms with Gasteiger partial charge in [0.15, 0.2) is 5.96 Å². The molecule has 1 aliphatic heterocycles. The first-order valence-electron chi connectivity index (χ1n) is 7.09. The molecule has 3 heteroatoms. The number of hydrogen-bond acceptors (Lipinski definition) is 1. The van der Waals surface area contributed by atoms with E-state index in [1.807, 2.05) is 0 Å². The predicted octanol–water partition coefficient (Wildman–Crippen LogP) is 2.68. The summed E-state index contributed by atoms with van der Waals surface area (Å²) in [7, 11) is 0. The van der Waals surface area contributed by atoms with Crippen LogP contribution in [-0.2, 0) is 0 Å². The van der Waals surface area contributed by atoms with Crippen LogP contribution in [0.25, 0.3) is 0 Å². The molecule has 1 saturated heterocycles. The Morgan fingerprint density at radius 3 is 2.71 bits per heavy atom. The summed E-state index contributed by atoms with van der Waals surface area (Å²) in [6.07, 6.45) is 12.6. The molecule has 0 amide bonds. The van der Waals surface area contributed by atoms with Crippen molar-refractivity contribution in [2.45, 2.75) is 51.4 Å². The van der Waals surface area contributed by atoms with Gasteiger partial charge < -0.3 is 10.6 Å². The molecule has 0 bridgehead atoms. The highest BCUT2D eigenvalue weighted by molar-refractivity contribution is 5.78. The van der Waals surface area contributed by atoms with Crippen molar-refractivity contribution < 1.29 is 0 Å². The molecular formula is C14H25N3. The minimum Gasteiger partial charge on any atom is -0.370 e. The van der Waals surface area contributed by atoms with Gasteiger partial charge in [-0.05, 0) is 51.4 Å². The summed E-state index contributed by atoms with van der Waals surface area (Å²) in [6, 6.07) is 0. The topological polar surface area (TPSA) is 41.6 Å². The lowest BCUT2D eigenvalue weighted by Crippen LogP contribution is -2.40. The largest absolute Gasteiger partial charge is 0.370 e. The Morgan fingerprint density at radius 1 is 1.18 bits per heavy atom. The fourth-order valence-electron chi connectivity index (χ4n) is 2.67. The van der Waals surface area contributed by atoms with Crippen molar-refractivity contribution in [3.8, 4) is 0 Å². The zero-order valence-electron chi connectivity index (χ0n) is 10.8. The molecule has 17 heavy (non-hydrogen) atoms. The molecule has 2 rings (SSSR count). The quantitative estimate of drug-likeness (QED) is 0.464. The van der Waals surface area contributed by atoms with Gasteiger partial charge in [0, 0.05) is 19.6 Å². The van der Waals surface area contributed by atoms with Crippen LogP contribution in [0.1, 0.15) is 51.4 Å². The fraction of sp³-hybridized carbons (Fsp3) is 0.786. The highest BCUT2D eigenvalue weighted by atomic mass is 15.2. The van der Waals surface area contributed by atoms with Crippen molar-refractivity contribution in [2.24, 2.45) is 10.7 Å². The first-order valence-corrected chi connectivity index (χ1v) is 7.09. The van der Waals surface area contributed by atoms with E-state index < -0.39 is 0 Å². The second-order valence-corrected chi connectivity index (χ2v) is 5.15. The summed E-state index contributed by atoms with van der Waals surface area (Å²) in [4.78, 5) is 6.76. The van der Waals surface area contributed by atoms with Gasteiger partial charge >= 0.3 is 0 Å². The zero-order chi connectivity index (χ0) is 11.9. The molecule has 1 aliphatic carbocycles. The maximum absolute atomic E-state index is 6.02. The molecule has 96 valence electrons. The van der Waals surface area contributed by atoms with Gasteiger partial charge in [-0.3, -0.25) is 4.99 Å². The van der Waals surface area contributed by atoms with E-state index in [0.29, 0.717) is 0 Å². The normalized spacial score (nSPS) is 22.5. The Hall–Kier alpha value is -0.990.